The van der Waals surface area contributed by atoms with E-state index in [0.29, 0.717) is 25.8 Å². The number of amides is 3. The molecule has 2 unspecified atom stereocenters. The summed E-state index contributed by atoms with van der Waals surface area (Å²) in [6, 6.07) is 7.57. The molecule has 0 saturated carbocycles. The lowest BCUT2D eigenvalue weighted by atomic mass is 9.65. The molecule has 3 saturated heterocycles. The van der Waals surface area contributed by atoms with Gasteiger partial charge in [-0.2, -0.15) is 0 Å². The molecule has 0 aliphatic carbocycles. The lowest BCUT2D eigenvalue weighted by Gasteiger charge is -2.38. The average molecular weight is 486 g/mol. The SMILES string of the molecule is CCCNC(=O)[C@@H]1[C@H]2C(=O)N([C@H](CO)c3ccccc3)C(C(=O)NC(C)(C)C)C23CC[C@@]1(CC)O3. The Morgan fingerprint density at radius 3 is 2.43 bits per heavy atom. The lowest BCUT2D eigenvalue weighted by Crippen LogP contribution is -2.59. The number of nitrogens with zero attached hydrogens (tertiary/aromatic N) is 1. The van der Waals surface area contributed by atoms with Gasteiger partial charge in [0.1, 0.15) is 11.6 Å². The van der Waals surface area contributed by atoms with Gasteiger partial charge in [-0.05, 0) is 52.0 Å². The van der Waals surface area contributed by atoms with Crippen molar-refractivity contribution in [3.05, 3.63) is 35.9 Å². The maximum absolute atomic E-state index is 14.2. The van der Waals surface area contributed by atoms with Gasteiger partial charge >= 0.3 is 0 Å². The van der Waals surface area contributed by atoms with E-state index in [-0.39, 0.29) is 24.3 Å². The third-order valence-electron chi connectivity index (χ3n) is 7.89. The van der Waals surface area contributed by atoms with Gasteiger partial charge in [0.2, 0.25) is 17.7 Å². The van der Waals surface area contributed by atoms with Gasteiger partial charge in [0.15, 0.2) is 0 Å². The van der Waals surface area contributed by atoms with Crippen molar-refractivity contribution in [2.24, 2.45) is 11.8 Å². The molecule has 3 amide bonds. The van der Waals surface area contributed by atoms with Gasteiger partial charge in [0.05, 0.1) is 30.1 Å². The highest BCUT2D eigenvalue weighted by molar-refractivity contribution is 5.99. The Bertz CT molecular complexity index is 977. The van der Waals surface area contributed by atoms with Crippen LogP contribution in [-0.4, -0.2) is 63.7 Å². The molecular weight excluding hydrogens is 446 g/mol. The first-order valence-electron chi connectivity index (χ1n) is 12.8. The van der Waals surface area contributed by atoms with Crippen molar-refractivity contribution in [1.29, 1.82) is 0 Å². The second-order valence-electron chi connectivity index (χ2n) is 11.2. The van der Waals surface area contributed by atoms with Crippen LogP contribution in [0.4, 0.5) is 0 Å². The molecule has 1 aromatic carbocycles. The number of hydrogen-bond acceptors (Lipinski definition) is 5. The van der Waals surface area contributed by atoms with Crippen molar-refractivity contribution in [3.63, 3.8) is 0 Å². The van der Waals surface area contributed by atoms with Crippen LogP contribution in [0.5, 0.6) is 0 Å². The summed E-state index contributed by atoms with van der Waals surface area (Å²) in [4.78, 5) is 43.1. The van der Waals surface area contributed by atoms with E-state index in [1.165, 1.54) is 4.90 Å². The molecule has 4 rings (SSSR count). The van der Waals surface area contributed by atoms with E-state index in [9.17, 15) is 19.5 Å². The van der Waals surface area contributed by atoms with Gasteiger partial charge in [0.25, 0.3) is 0 Å². The molecule has 2 bridgehead atoms. The van der Waals surface area contributed by atoms with Crippen molar-refractivity contribution in [1.82, 2.24) is 15.5 Å². The van der Waals surface area contributed by atoms with Crippen LogP contribution in [0.1, 0.15) is 71.9 Å². The van der Waals surface area contributed by atoms with E-state index < -0.39 is 40.7 Å². The molecule has 6 atom stereocenters. The molecule has 1 aromatic rings. The molecule has 3 aliphatic rings. The van der Waals surface area contributed by atoms with Crippen LogP contribution < -0.4 is 10.6 Å². The fourth-order valence-electron chi connectivity index (χ4n) is 6.51. The Morgan fingerprint density at radius 1 is 1.17 bits per heavy atom. The molecule has 0 radical (unpaired) electrons. The molecule has 1 spiro atoms. The summed E-state index contributed by atoms with van der Waals surface area (Å²) in [6.07, 6.45) is 2.49. The summed E-state index contributed by atoms with van der Waals surface area (Å²) in [7, 11) is 0. The smallest absolute Gasteiger partial charge is 0.246 e. The van der Waals surface area contributed by atoms with E-state index in [4.69, 9.17) is 4.74 Å². The average Bonchev–Trinajstić information content (AvgIpc) is 3.42. The summed E-state index contributed by atoms with van der Waals surface area (Å²) in [5.74, 6) is -2.25. The highest BCUT2D eigenvalue weighted by atomic mass is 16.5. The quantitative estimate of drug-likeness (QED) is 0.524. The predicted molar refractivity (Wildman–Crippen MR) is 131 cm³/mol. The molecule has 8 heteroatoms. The van der Waals surface area contributed by atoms with Crippen LogP contribution >= 0.6 is 0 Å². The number of ether oxygens (including phenoxy) is 1. The number of aliphatic hydroxyl groups excluding tert-OH is 1. The minimum Gasteiger partial charge on any atom is -0.394 e. The minimum atomic E-state index is -1.11. The summed E-state index contributed by atoms with van der Waals surface area (Å²) in [6.45, 7) is 9.81. The van der Waals surface area contributed by atoms with Gasteiger partial charge in [-0.25, -0.2) is 0 Å². The molecular formula is C27H39N3O5. The highest BCUT2D eigenvalue weighted by Crippen LogP contribution is 2.65. The summed E-state index contributed by atoms with van der Waals surface area (Å²) >= 11 is 0. The van der Waals surface area contributed by atoms with Crippen molar-refractivity contribution in [2.45, 2.75) is 89.1 Å². The van der Waals surface area contributed by atoms with Crippen molar-refractivity contribution in [3.8, 4) is 0 Å². The lowest BCUT2D eigenvalue weighted by molar-refractivity contribution is -0.151. The van der Waals surface area contributed by atoms with E-state index in [1.54, 1.807) is 0 Å². The zero-order valence-corrected chi connectivity index (χ0v) is 21.5. The number of likely N-dealkylation sites (tertiary alicyclic amines) is 1. The standard InChI is InChI=1S/C27H39N3O5/c1-6-15-28-22(32)19-20-24(34)30(18(16-31)17-11-9-8-10-12-17)21(23(33)29-25(3,4)5)27(20)14-13-26(19,7-2)35-27/h8-12,18-21,31H,6-7,13-16H2,1-5H3,(H,28,32)(H,29,33)/t18-,19+,20+,21?,26-,27?/m1/s1. The number of carbonyl (C=O) groups is 3. The largest absolute Gasteiger partial charge is 0.394 e. The van der Waals surface area contributed by atoms with Gasteiger partial charge in [0, 0.05) is 12.1 Å². The fraction of sp³-hybridized carbons (Fsp3) is 0.667. The molecule has 3 N–H and O–H groups in total. The van der Waals surface area contributed by atoms with Crippen molar-refractivity contribution in [2.75, 3.05) is 13.2 Å². The number of benzene rings is 1. The first kappa shape index (κ1) is 25.6. The monoisotopic (exact) mass is 485 g/mol. The van der Waals surface area contributed by atoms with E-state index in [2.05, 4.69) is 10.6 Å². The van der Waals surface area contributed by atoms with E-state index in [0.717, 1.165) is 12.0 Å². The molecule has 3 fully saturated rings. The molecule has 8 nitrogen and oxygen atoms in total. The van der Waals surface area contributed by atoms with Gasteiger partial charge in [-0.1, -0.05) is 44.2 Å². The zero-order valence-electron chi connectivity index (χ0n) is 21.5. The first-order chi connectivity index (χ1) is 16.5. The third kappa shape index (κ3) is 4.04. The number of carbonyl (C=O) groups excluding carboxylic acids is 3. The van der Waals surface area contributed by atoms with E-state index in [1.807, 2.05) is 65.0 Å². The maximum Gasteiger partial charge on any atom is 0.246 e. The van der Waals surface area contributed by atoms with Gasteiger partial charge < -0.3 is 25.4 Å². The van der Waals surface area contributed by atoms with Crippen LogP contribution in [0.25, 0.3) is 0 Å². The van der Waals surface area contributed by atoms with Crippen LogP contribution in [0.2, 0.25) is 0 Å². The van der Waals surface area contributed by atoms with Gasteiger partial charge in [-0.3, -0.25) is 14.4 Å². The molecule has 35 heavy (non-hydrogen) atoms. The van der Waals surface area contributed by atoms with Crippen molar-refractivity contribution < 1.29 is 24.2 Å². The Hall–Kier alpha value is -2.45. The third-order valence-corrected chi connectivity index (χ3v) is 7.89. The van der Waals surface area contributed by atoms with Crippen LogP contribution in [-0.2, 0) is 19.1 Å². The minimum absolute atomic E-state index is 0.189. The topological polar surface area (TPSA) is 108 Å². The van der Waals surface area contributed by atoms with Gasteiger partial charge in [-0.15, -0.1) is 0 Å². The maximum atomic E-state index is 14.2. The number of fused-ring (bicyclic) bond motifs is 1. The molecule has 192 valence electrons. The molecule has 3 heterocycles. The number of rotatable bonds is 8. The van der Waals surface area contributed by atoms with Crippen LogP contribution in [0, 0.1) is 11.8 Å². The summed E-state index contributed by atoms with van der Waals surface area (Å²) in [5, 5.41) is 16.5. The Morgan fingerprint density at radius 2 is 1.86 bits per heavy atom. The Balaban J connectivity index is 1.84. The number of aliphatic hydroxyl groups is 1. The second kappa shape index (κ2) is 9.21. The zero-order chi connectivity index (χ0) is 25.6. The Kier molecular flexibility index (Phi) is 6.74. The van der Waals surface area contributed by atoms with E-state index >= 15 is 0 Å². The normalized spacial score (nSPS) is 32.5. The fourth-order valence-corrected chi connectivity index (χ4v) is 6.51. The second-order valence-corrected chi connectivity index (χ2v) is 11.2. The van der Waals surface area contributed by atoms with Crippen molar-refractivity contribution >= 4 is 17.7 Å². The molecule has 3 aliphatic heterocycles. The summed E-state index contributed by atoms with van der Waals surface area (Å²) in [5.41, 5.74) is -1.68. The summed E-state index contributed by atoms with van der Waals surface area (Å²) < 4.78 is 6.75. The predicted octanol–water partition coefficient (Wildman–Crippen LogP) is 2.32. The van der Waals surface area contributed by atoms with Crippen LogP contribution in [0.15, 0.2) is 30.3 Å². The van der Waals surface area contributed by atoms with Crippen LogP contribution in [0.3, 0.4) is 0 Å². The number of nitrogens with one attached hydrogen (secondary N) is 2. The molecule has 0 aromatic heterocycles. The Labute approximate surface area is 207 Å². The first-order valence-corrected chi connectivity index (χ1v) is 12.8. The number of hydrogen-bond donors (Lipinski definition) is 3. The highest BCUT2D eigenvalue weighted by Gasteiger charge is 2.79.